The quantitative estimate of drug-likeness (QED) is 0.747. The summed E-state index contributed by atoms with van der Waals surface area (Å²) in [7, 11) is 0. The van der Waals surface area contributed by atoms with Gasteiger partial charge >= 0.3 is 0 Å². The number of ether oxygens (including phenoxy) is 1. The van der Waals surface area contributed by atoms with Crippen molar-refractivity contribution in [3.05, 3.63) is 58.1 Å². The second kappa shape index (κ2) is 7.46. The van der Waals surface area contributed by atoms with Gasteiger partial charge in [-0.2, -0.15) is 0 Å². The van der Waals surface area contributed by atoms with Crippen molar-refractivity contribution in [1.29, 1.82) is 0 Å². The Hall–Kier alpha value is -1.32. The van der Waals surface area contributed by atoms with Crippen molar-refractivity contribution in [3.63, 3.8) is 0 Å². The van der Waals surface area contributed by atoms with E-state index in [9.17, 15) is 0 Å². The normalized spacial score (nSPS) is 10.6. The Kier molecular flexibility index (Phi) is 5.62. The number of hydrogen-bond acceptors (Lipinski definition) is 2. The number of nitrogens with one attached hydrogen (secondary N) is 1. The average molecular weight is 334 g/mol. The Morgan fingerprint density at radius 1 is 1.15 bits per heavy atom. The second-order valence-electron chi connectivity index (χ2n) is 4.80. The third-order valence-corrected chi connectivity index (χ3v) is 3.96. The molecule has 0 radical (unpaired) electrons. The fourth-order valence-electron chi connectivity index (χ4n) is 1.96. The lowest BCUT2D eigenvalue weighted by Crippen LogP contribution is -2.14. The van der Waals surface area contributed by atoms with Crippen LogP contribution in [-0.4, -0.2) is 6.54 Å². The van der Waals surface area contributed by atoms with Crippen molar-refractivity contribution in [1.82, 2.24) is 5.32 Å². The summed E-state index contributed by atoms with van der Waals surface area (Å²) in [6, 6.07) is 14.2. The molecule has 0 atom stereocenters. The van der Waals surface area contributed by atoms with Crippen LogP contribution in [0.1, 0.15) is 24.5 Å². The van der Waals surface area contributed by atoms with Crippen LogP contribution < -0.4 is 10.1 Å². The third kappa shape index (κ3) is 4.09. The van der Waals surface area contributed by atoms with E-state index in [1.54, 1.807) is 0 Å². The molecular formula is C17H20BrNO. The minimum absolute atomic E-state index is 0.833. The highest BCUT2D eigenvalue weighted by molar-refractivity contribution is 9.10. The molecule has 2 rings (SSSR count). The zero-order valence-corrected chi connectivity index (χ0v) is 13.5. The Labute approximate surface area is 129 Å². The van der Waals surface area contributed by atoms with Gasteiger partial charge in [0, 0.05) is 16.6 Å². The number of hydrogen-bond donors (Lipinski definition) is 1. The Morgan fingerprint density at radius 3 is 2.70 bits per heavy atom. The first-order chi connectivity index (χ1) is 9.70. The van der Waals surface area contributed by atoms with Gasteiger partial charge in [0.05, 0.1) is 0 Å². The van der Waals surface area contributed by atoms with Gasteiger partial charge in [0.2, 0.25) is 0 Å². The second-order valence-corrected chi connectivity index (χ2v) is 5.65. The standard InChI is InChI=1S/C17H20BrNO/c1-3-10-19-12-14-6-4-5-7-17(14)20-15-8-9-16(18)13(2)11-15/h4-9,11,19H,3,10,12H2,1-2H3. The van der Waals surface area contributed by atoms with Crippen molar-refractivity contribution in [2.75, 3.05) is 6.54 Å². The molecule has 0 aromatic heterocycles. The van der Waals surface area contributed by atoms with Gasteiger partial charge in [0.1, 0.15) is 11.5 Å². The number of aryl methyl sites for hydroxylation is 1. The molecule has 106 valence electrons. The van der Waals surface area contributed by atoms with Gasteiger partial charge in [-0.3, -0.25) is 0 Å². The van der Waals surface area contributed by atoms with Crippen LogP contribution in [0.2, 0.25) is 0 Å². The first-order valence-corrected chi connectivity index (χ1v) is 7.72. The van der Waals surface area contributed by atoms with Gasteiger partial charge in [0.25, 0.3) is 0 Å². The third-order valence-electron chi connectivity index (χ3n) is 3.07. The van der Waals surface area contributed by atoms with E-state index in [-0.39, 0.29) is 0 Å². The van der Waals surface area contributed by atoms with E-state index in [0.717, 1.165) is 35.5 Å². The van der Waals surface area contributed by atoms with E-state index in [4.69, 9.17) is 4.74 Å². The predicted octanol–water partition coefficient (Wildman–Crippen LogP) is 5.05. The molecule has 0 unspecified atom stereocenters. The Morgan fingerprint density at radius 2 is 1.95 bits per heavy atom. The first-order valence-electron chi connectivity index (χ1n) is 6.93. The van der Waals surface area contributed by atoms with Gasteiger partial charge in [0.15, 0.2) is 0 Å². The van der Waals surface area contributed by atoms with Gasteiger partial charge < -0.3 is 10.1 Å². The number of benzene rings is 2. The first kappa shape index (κ1) is 15.1. The monoisotopic (exact) mass is 333 g/mol. The van der Waals surface area contributed by atoms with Crippen molar-refractivity contribution in [3.8, 4) is 11.5 Å². The number of para-hydroxylation sites is 1. The zero-order valence-electron chi connectivity index (χ0n) is 11.9. The zero-order chi connectivity index (χ0) is 14.4. The van der Waals surface area contributed by atoms with Crippen LogP contribution in [0, 0.1) is 6.92 Å². The fraction of sp³-hybridized carbons (Fsp3) is 0.294. The molecule has 0 aliphatic heterocycles. The molecule has 0 bridgehead atoms. The molecule has 2 nitrogen and oxygen atoms in total. The molecule has 2 aromatic carbocycles. The van der Waals surface area contributed by atoms with Gasteiger partial charge in [-0.15, -0.1) is 0 Å². The summed E-state index contributed by atoms with van der Waals surface area (Å²) in [5.74, 6) is 1.78. The largest absolute Gasteiger partial charge is 0.457 e. The van der Waals surface area contributed by atoms with Crippen LogP contribution >= 0.6 is 15.9 Å². The molecule has 0 amide bonds. The minimum atomic E-state index is 0.833. The van der Waals surface area contributed by atoms with Crippen molar-refractivity contribution in [2.45, 2.75) is 26.8 Å². The molecule has 0 aliphatic carbocycles. The summed E-state index contributed by atoms with van der Waals surface area (Å²) >= 11 is 3.51. The lowest BCUT2D eigenvalue weighted by molar-refractivity contribution is 0.472. The van der Waals surface area contributed by atoms with Crippen LogP contribution in [0.15, 0.2) is 46.9 Å². The summed E-state index contributed by atoms with van der Waals surface area (Å²) in [6.07, 6.45) is 1.13. The van der Waals surface area contributed by atoms with E-state index in [1.165, 1.54) is 11.1 Å². The van der Waals surface area contributed by atoms with Gasteiger partial charge in [-0.05, 0) is 49.7 Å². The highest BCUT2D eigenvalue weighted by Crippen LogP contribution is 2.28. The average Bonchev–Trinajstić information content (AvgIpc) is 2.45. The van der Waals surface area contributed by atoms with E-state index >= 15 is 0 Å². The molecule has 0 saturated carbocycles. The Bertz CT molecular complexity index is 569. The maximum absolute atomic E-state index is 6.02. The fourth-order valence-corrected chi connectivity index (χ4v) is 2.20. The maximum Gasteiger partial charge on any atom is 0.131 e. The van der Waals surface area contributed by atoms with Crippen LogP contribution in [0.4, 0.5) is 0 Å². The van der Waals surface area contributed by atoms with E-state index < -0.39 is 0 Å². The van der Waals surface area contributed by atoms with Crippen LogP contribution in [0.25, 0.3) is 0 Å². The van der Waals surface area contributed by atoms with Gasteiger partial charge in [-0.25, -0.2) is 0 Å². The highest BCUT2D eigenvalue weighted by atomic mass is 79.9. The molecule has 2 aromatic rings. The highest BCUT2D eigenvalue weighted by Gasteiger charge is 2.05. The topological polar surface area (TPSA) is 21.3 Å². The van der Waals surface area contributed by atoms with E-state index in [1.807, 2.05) is 36.4 Å². The lowest BCUT2D eigenvalue weighted by atomic mass is 10.2. The molecule has 20 heavy (non-hydrogen) atoms. The smallest absolute Gasteiger partial charge is 0.131 e. The van der Waals surface area contributed by atoms with Crippen molar-refractivity contribution in [2.24, 2.45) is 0 Å². The van der Waals surface area contributed by atoms with Gasteiger partial charge in [-0.1, -0.05) is 41.1 Å². The van der Waals surface area contributed by atoms with Crippen molar-refractivity contribution < 1.29 is 4.74 Å². The molecule has 0 spiro atoms. The van der Waals surface area contributed by atoms with E-state index in [2.05, 4.69) is 41.2 Å². The van der Waals surface area contributed by atoms with Crippen LogP contribution in [0.3, 0.4) is 0 Å². The van der Waals surface area contributed by atoms with Crippen LogP contribution in [0.5, 0.6) is 11.5 Å². The summed E-state index contributed by atoms with van der Waals surface area (Å²) in [6.45, 7) is 6.08. The lowest BCUT2D eigenvalue weighted by Gasteiger charge is -2.12. The molecule has 0 saturated heterocycles. The van der Waals surface area contributed by atoms with Crippen LogP contribution in [-0.2, 0) is 6.54 Å². The van der Waals surface area contributed by atoms with Crippen molar-refractivity contribution >= 4 is 15.9 Å². The summed E-state index contributed by atoms with van der Waals surface area (Å²) in [4.78, 5) is 0. The maximum atomic E-state index is 6.02. The minimum Gasteiger partial charge on any atom is -0.457 e. The SMILES string of the molecule is CCCNCc1ccccc1Oc1ccc(Br)c(C)c1. The molecular weight excluding hydrogens is 314 g/mol. The molecule has 0 heterocycles. The Balaban J connectivity index is 2.13. The molecule has 3 heteroatoms. The molecule has 0 aliphatic rings. The summed E-state index contributed by atoms with van der Waals surface area (Å²) < 4.78 is 7.11. The molecule has 1 N–H and O–H groups in total. The number of halogens is 1. The summed E-state index contributed by atoms with van der Waals surface area (Å²) in [5, 5.41) is 3.41. The predicted molar refractivity (Wildman–Crippen MR) is 87.4 cm³/mol. The van der Waals surface area contributed by atoms with E-state index in [0.29, 0.717) is 0 Å². The molecule has 0 fully saturated rings. The number of rotatable bonds is 6. The summed E-state index contributed by atoms with van der Waals surface area (Å²) in [5.41, 5.74) is 2.35.